The minimum atomic E-state index is -4.07. The summed E-state index contributed by atoms with van der Waals surface area (Å²) in [6, 6.07) is 20.3. The lowest BCUT2D eigenvalue weighted by molar-refractivity contribution is -0.139. The van der Waals surface area contributed by atoms with Gasteiger partial charge < -0.3 is 10.2 Å². The number of carbonyl (C=O) groups is 2. The molecule has 0 aromatic heterocycles. The van der Waals surface area contributed by atoms with Gasteiger partial charge in [-0.3, -0.25) is 13.9 Å². The molecule has 0 bridgehead atoms. The Hall–Kier alpha value is -3.65. The monoisotopic (exact) mass is 535 g/mol. The molecule has 3 rings (SSSR count). The summed E-state index contributed by atoms with van der Waals surface area (Å²) in [5, 5.41) is 2.86. The molecule has 0 radical (unpaired) electrons. The molecular weight excluding hydrogens is 498 g/mol. The molecule has 8 heteroatoms. The molecule has 0 saturated carbocycles. The number of nitrogens with zero attached hydrogens (tertiary/aromatic N) is 2. The summed E-state index contributed by atoms with van der Waals surface area (Å²) in [5.41, 5.74) is 4.07. The normalized spacial score (nSPS) is 12.2. The van der Waals surface area contributed by atoms with Crippen molar-refractivity contribution in [2.75, 3.05) is 10.8 Å². The first-order valence-electron chi connectivity index (χ1n) is 12.7. The van der Waals surface area contributed by atoms with E-state index < -0.39 is 28.5 Å². The van der Waals surface area contributed by atoms with Crippen LogP contribution in [0.3, 0.4) is 0 Å². The van der Waals surface area contributed by atoms with E-state index in [4.69, 9.17) is 0 Å². The Bertz CT molecular complexity index is 1350. The van der Waals surface area contributed by atoms with Gasteiger partial charge in [-0.1, -0.05) is 54.1 Å². The fourth-order valence-corrected chi connectivity index (χ4v) is 5.64. The maximum atomic E-state index is 13.9. The van der Waals surface area contributed by atoms with E-state index in [9.17, 15) is 18.0 Å². The van der Waals surface area contributed by atoms with Crippen molar-refractivity contribution < 1.29 is 18.0 Å². The van der Waals surface area contributed by atoms with E-state index in [1.165, 1.54) is 17.0 Å². The van der Waals surface area contributed by atoms with Crippen molar-refractivity contribution in [2.24, 2.45) is 0 Å². The van der Waals surface area contributed by atoms with Crippen LogP contribution < -0.4 is 9.62 Å². The highest BCUT2D eigenvalue weighted by molar-refractivity contribution is 7.92. The maximum absolute atomic E-state index is 13.9. The summed E-state index contributed by atoms with van der Waals surface area (Å²) in [6.45, 7) is 10.8. The number of sulfonamides is 1. The van der Waals surface area contributed by atoms with E-state index in [1.54, 1.807) is 37.3 Å². The Labute approximate surface area is 226 Å². The predicted molar refractivity (Wildman–Crippen MR) is 151 cm³/mol. The van der Waals surface area contributed by atoms with Crippen LogP contribution in [0.15, 0.2) is 77.7 Å². The number of carbonyl (C=O) groups excluding carboxylic acids is 2. The average molecular weight is 536 g/mol. The number of aryl methyl sites for hydroxylation is 3. The van der Waals surface area contributed by atoms with Gasteiger partial charge in [0.2, 0.25) is 11.8 Å². The topological polar surface area (TPSA) is 86.8 Å². The van der Waals surface area contributed by atoms with Crippen LogP contribution in [0, 0.1) is 20.8 Å². The molecule has 202 valence electrons. The van der Waals surface area contributed by atoms with Gasteiger partial charge in [0.1, 0.15) is 12.6 Å². The SMILES string of the molecule is Cc1ccc(CN(C(=O)CN(c2cc(C)cc(C)c2)S(=O)(=O)c2ccccc2)[C@@H](C)C(=O)NC(C)C)cc1. The summed E-state index contributed by atoms with van der Waals surface area (Å²) in [4.78, 5) is 28.4. The highest BCUT2D eigenvalue weighted by Gasteiger charge is 2.32. The highest BCUT2D eigenvalue weighted by atomic mass is 32.2. The van der Waals surface area contributed by atoms with Gasteiger partial charge in [0.25, 0.3) is 10.0 Å². The van der Waals surface area contributed by atoms with Crippen molar-refractivity contribution in [3.8, 4) is 0 Å². The number of anilines is 1. The third-order valence-electron chi connectivity index (χ3n) is 6.18. The summed E-state index contributed by atoms with van der Waals surface area (Å²) < 4.78 is 28.8. The Morgan fingerprint density at radius 3 is 1.95 bits per heavy atom. The van der Waals surface area contributed by atoms with Gasteiger partial charge in [0.15, 0.2) is 0 Å². The largest absolute Gasteiger partial charge is 0.352 e. The Morgan fingerprint density at radius 1 is 0.816 bits per heavy atom. The molecule has 1 atom stereocenters. The van der Waals surface area contributed by atoms with E-state index in [-0.39, 0.29) is 23.4 Å². The Balaban J connectivity index is 2.05. The van der Waals surface area contributed by atoms with Gasteiger partial charge in [-0.25, -0.2) is 8.42 Å². The fourth-order valence-electron chi connectivity index (χ4n) is 4.22. The molecule has 0 fully saturated rings. The van der Waals surface area contributed by atoms with E-state index in [1.807, 2.05) is 65.0 Å². The Morgan fingerprint density at radius 2 is 1.39 bits per heavy atom. The summed E-state index contributed by atoms with van der Waals surface area (Å²) in [7, 11) is -4.07. The van der Waals surface area contributed by atoms with E-state index in [0.717, 1.165) is 26.6 Å². The van der Waals surface area contributed by atoms with E-state index in [0.29, 0.717) is 5.69 Å². The van der Waals surface area contributed by atoms with E-state index in [2.05, 4.69) is 5.32 Å². The van der Waals surface area contributed by atoms with Crippen molar-refractivity contribution >= 4 is 27.5 Å². The van der Waals surface area contributed by atoms with Crippen molar-refractivity contribution in [2.45, 2.75) is 65.1 Å². The molecule has 0 heterocycles. The summed E-state index contributed by atoms with van der Waals surface area (Å²) in [5.74, 6) is -0.778. The zero-order chi connectivity index (χ0) is 28.0. The van der Waals surface area contributed by atoms with Crippen molar-refractivity contribution in [3.63, 3.8) is 0 Å². The quantitative estimate of drug-likeness (QED) is 0.406. The molecule has 0 aliphatic heterocycles. The molecule has 1 N–H and O–H groups in total. The van der Waals surface area contributed by atoms with Crippen molar-refractivity contribution in [1.82, 2.24) is 10.2 Å². The smallest absolute Gasteiger partial charge is 0.264 e. The van der Waals surface area contributed by atoms with Crippen molar-refractivity contribution in [3.05, 3.63) is 95.1 Å². The first-order valence-corrected chi connectivity index (χ1v) is 14.1. The zero-order valence-corrected chi connectivity index (χ0v) is 23.7. The van der Waals surface area contributed by atoms with Crippen LogP contribution in [-0.4, -0.2) is 43.8 Å². The molecule has 3 aromatic carbocycles. The average Bonchev–Trinajstić information content (AvgIpc) is 2.85. The first kappa shape index (κ1) is 28.9. The fraction of sp³-hybridized carbons (Fsp3) is 0.333. The third kappa shape index (κ3) is 7.22. The third-order valence-corrected chi connectivity index (χ3v) is 7.96. The molecule has 0 saturated heterocycles. The van der Waals surface area contributed by atoms with Crippen LogP contribution in [0.5, 0.6) is 0 Å². The second kappa shape index (κ2) is 12.3. The minimum Gasteiger partial charge on any atom is -0.352 e. The molecule has 3 aromatic rings. The van der Waals surface area contributed by atoms with Gasteiger partial charge in [-0.15, -0.1) is 0 Å². The van der Waals surface area contributed by atoms with Crippen LogP contribution in [-0.2, 0) is 26.2 Å². The number of rotatable bonds is 10. The van der Waals surface area contributed by atoms with Crippen LogP contribution >= 0.6 is 0 Å². The molecule has 38 heavy (non-hydrogen) atoms. The first-order chi connectivity index (χ1) is 17.9. The number of amides is 2. The molecule has 0 unspecified atom stereocenters. The maximum Gasteiger partial charge on any atom is 0.264 e. The molecule has 0 aliphatic carbocycles. The van der Waals surface area contributed by atoms with Gasteiger partial charge >= 0.3 is 0 Å². The summed E-state index contributed by atoms with van der Waals surface area (Å²) in [6.07, 6.45) is 0. The molecule has 2 amide bonds. The number of hydrogen-bond donors (Lipinski definition) is 1. The van der Waals surface area contributed by atoms with Crippen LogP contribution in [0.1, 0.15) is 43.0 Å². The second-order valence-corrected chi connectivity index (χ2v) is 11.9. The highest BCUT2D eigenvalue weighted by Crippen LogP contribution is 2.26. The lowest BCUT2D eigenvalue weighted by atomic mass is 10.1. The predicted octanol–water partition coefficient (Wildman–Crippen LogP) is 4.75. The standard InChI is InChI=1S/C30H37N3O4S/c1-21(2)31-30(35)25(6)32(19-26-14-12-22(3)13-15-26)29(34)20-33(27-17-23(4)16-24(5)18-27)38(36,37)28-10-8-7-9-11-28/h7-18,21,25H,19-20H2,1-6H3,(H,31,35)/t25-/m0/s1. The van der Waals surface area contributed by atoms with Crippen LogP contribution in [0.4, 0.5) is 5.69 Å². The minimum absolute atomic E-state index is 0.0858. The molecule has 7 nitrogen and oxygen atoms in total. The summed E-state index contributed by atoms with van der Waals surface area (Å²) >= 11 is 0. The van der Waals surface area contributed by atoms with Crippen LogP contribution in [0.2, 0.25) is 0 Å². The van der Waals surface area contributed by atoms with Gasteiger partial charge in [-0.2, -0.15) is 0 Å². The van der Waals surface area contributed by atoms with Crippen molar-refractivity contribution in [1.29, 1.82) is 0 Å². The van der Waals surface area contributed by atoms with Gasteiger partial charge in [0.05, 0.1) is 10.6 Å². The van der Waals surface area contributed by atoms with Gasteiger partial charge in [-0.05, 0) is 82.5 Å². The number of nitrogens with one attached hydrogen (secondary N) is 1. The zero-order valence-electron chi connectivity index (χ0n) is 22.9. The Kier molecular flexibility index (Phi) is 9.33. The van der Waals surface area contributed by atoms with Gasteiger partial charge in [0, 0.05) is 12.6 Å². The van der Waals surface area contributed by atoms with Crippen LogP contribution in [0.25, 0.3) is 0 Å². The number of hydrogen-bond acceptors (Lipinski definition) is 4. The molecule has 0 spiro atoms. The lowest BCUT2D eigenvalue weighted by Gasteiger charge is -2.32. The molecular formula is C30H37N3O4S. The lowest BCUT2D eigenvalue weighted by Crippen LogP contribution is -2.52. The second-order valence-electron chi connectivity index (χ2n) is 10.0. The number of benzene rings is 3. The molecule has 0 aliphatic rings. The van der Waals surface area contributed by atoms with E-state index >= 15 is 0 Å².